The molecule has 0 radical (unpaired) electrons. The number of para-hydroxylation sites is 1. The van der Waals surface area contributed by atoms with Gasteiger partial charge in [0.15, 0.2) is 5.82 Å². The van der Waals surface area contributed by atoms with Gasteiger partial charge in [-0.2, -0.15) is 5.26 Å². The fourth-order valence-electron chi connectivity index (χ4n) is 2.88. The second kappa shape index (κ2) is 8.13. The summed E-state index contributed by atoms with van der Waals surface area (Å²) in [7, 11) is 0. The van der Waals surface area contributed by atoms with Gasteiger partial charge in [-0.05, 0) is 50.2 Å². The molecule has 138 valence electrons. The average Bonchev–Trinajstić information content (AvgIpc) is 2.64. The molecule has 1 saturated carbocycles. The van der Waals surface area contributed by atoms with Gasteiger partial charge in [0, 0.05) is 23.4 Å². The Morgan fingerprint density at radius 3 is 2.78 bits per heavy atom. The molecule has 1 heterocycles. The molecular weight excluding hydrogens is 334 g/mol. The summed E-state index contributed by atoms with van der Waals surface area (Å²) in [5.41, 5.74) is 11.1. The summed E-state index contributed by atoms with van der Waals surface area (Å²) in [6.45, 7) is 6.19. The molecule has 0 saturated heterocycles. The van der Waals surface area contributed by atoms with E-state index in [1.807, 2.05) is 25.3 Å². The van der Waals surface area contributed by atoms with Gasteiger partial charge in [-0.15, -0.1) is 0 Å². The van der Waals surface area contributed by atoms with Crippen LogP contribution < -0.4 is 5.73 Å². The Hall–Kier alpha value is -3.00. The molecule has 0 aliphatic heterocycles. The van der Waals surface area contributed by atoms with Crippen LogP contribution in [0.1, 0.15) is 63.5 Å². The molecule has 1 fully saturated rings. The Morgan fingerprint density at radius 1 is 1.37 bits per heavy atom. The van der Waals surface area contributed by atoms with E-state index in [9.17, 15) is 5.26 Å². The van der Waals surface area contributed by atoms with Gasteiger partial charge in [-0.3, -0.25) is 4.99 Å². The molecule has 1 atom stereocenters. The second-order valence-corrected chi connectivity index (χ2v) is 7.08. The highest BCUT2D eigenvalue weighted by Gasteiger charge is 2.19. The first-order valence-electron chi connectivity index (χ1n) is 9.44. The van der Waals surface area contributed by atoms with Gasteiger partial charge in [0.2, 0.25) is 0 Å². The molecule has 2 N–H and O–H groups in total. The zero-order chi connectivity index (χ0) is 19.4. The van der Waals surface area contributed by atoms with Crippen molar-refractivity contribution in [3.63, 3.8) is 0 Å². The van der Waals surface area contributed by atoms with Crippen LogP contribution in [0.4, 0.5) is 0 Å². The molecule has 0 spiro atoms. The third-order valence-electron chi connectivity index (χ3n) is 5.05. The van der Waals surface area contributed by atoms with Crippen LogP contribution in [0.3, 0.4) is 0 Å². The number of allylic oxidation sites excluding steroid dienone is 2. The summed E-state index contributed by atoms with van der Waals surface area (Å²) < 4.78 is 0. The molecule has 1 aromatic carbocycles. The van der Waals surface area contributed by atoms with Gasteiger partial charge in [0.1, 0.15) is 6.07 Å². The molecule has 3 rings (SSSR count). The molecule has 5 nitrogen and oxygen atoms in total. The lowest BCUT2D eigenvalue weighted by molar-refractivity contribution is 0.664. The monoisotopic (exact) mass is 359 g/mol. The smallest absolute Gasteiger partial charge is 0.157 e. The summed E-state index contributed by atoms with van der Waals surface area (Å²) in [5, 5.41) is 10.3. The fourth-order valence-corrected chi connectivity index (χ4v) is 2.88. The number of benzene rings is 1. The van der Waals surface area contributed by atoms with Crippen molar-refractivity contribution in [2.75, 3.05) is 0 Å². The third kappa shape index (κ3) is 3.90. The molecule has 1 aromatic heterocycles. The highest BCUT2D eigenvalue weighted by atomic mass is 14.9. The first-order chi connectivity index (χ1) is 13.0. The summed E-state index contributed by atoms with van der Waals surface area (Å²) in [6.07, 6.45) is 7.94. The van der Waals surface area contributed by atoms with E-state index in [1.165, 1.54) is 12.0 Å². The molecule has 2 aromatic rings. The highest BCUT2D eigenvalue weighted by molar-refractivity contribution is 5.93. The highest BCUT2D eigenvalue weighted by Crippen LogP contribution is 2.33. The Labute approximate surface area is 160 Å². The molecule has 27 heavy (non-hydrogen) atoms. The van der Waals surface area contributed by atoms with Gasteiger partial charge in [0.25, 0.3) is 0 Å². The topological polar surface area (TPSA) is 88.0 Å². The van der Waals surface area contributed by atoms with E-state index in [1.54, 1.807) is 12.3 Å². The molecule has 1 aliphatic rings. The predicted octanol–water partition coefficient (Wildman–Crippen LogP) is 4.83. The number of aromatic nitrogens is 2. The standard InChI is InChI=1S/C22H25N5/c1-4-14(2)12-25-13-15(3)22-26-20-17(11-23)9-6-10-18(20)21(27-22)19(24)16-7-5-8-16/h6,9-10,12-14H,4-5,7-8,24H2,1-3H3/b15-13+,25-12?. The maximum atomic E-state index is 9.50. The number of nitrogens with zero attached hydrogens (tertiary/aromatic N) is 4. The van der Waals surface area contributed by atoms with Crippen LogP contribution in [0.5, 0.6) is 0 Å². The first kappa shape index (κ1) is 18.8. The molecule has 5 heteroatoms. The Bertz CT molecular complexity index is 986. The molecule has 1 aliphatic carbocycles. The number of hydrogen-bond acceptors (Lipinski definition) is 5. The van der Waals surface area contributed by atoms with Crippen molar-refractivity contribution in [2.24, 2.45) is 16.6 Å². The number of hydrogen-bond donors (Lipinski definition) is 1. The number of fused-ring (bicyclic) bond motifs is 1. The average molecular weight is 359 g/mol. The summed E-state index contributed by atoms with van der Waals surface area (Å²) in [6, 6.07) is 7.79. The third-order valence-corrected chi connectivity index (χ3v) is 5.05. The Morgan fingerprint density at radius 2 is 2.15 bits per heavy atom. The lowest BCUT2D eigenvalue weighted by atomic mass is 9.89. The zero-order valence-electron chi connectivity index (χ0n) is 16.2. The van der Waals surface area contributed by atoms with E-state index >= 15 is 0 Å². The normalized spacial score (nSPS) is 15.6. The predicted molar refractivity (Wildman–Crippen MR) is 111 cm³/mol. The number of rotatable bonds is 5. The minimum Gasteiger partial charge on any atom is -0.397 e. The maximum absolute atomic E-state index is 9.50. The second-order valence-electron chi connectivity index (χ2n) is 7.08. The van der Waals surface area contributed by atoms with Crippen molar-refractivity contribution >= 4 is 28.4 Å². The van der Waals surface area contributed by atoms with Crippen LogP contribution in [0.15, 0.2) is 35.0 Å². The van der Waals surface area contributed by atoms with E-state index in [0.717, 1.165) is 41.6 Å². The van der Waals surface area contributed by atoms with Crippen LogP contribution in [0.25, 0.3) is 22.2 Å². The molecular formula is C22H25N5. The van der Waals surface area contributed by atoms with E-state index < -0.39 is 0 Å². The van der Waals surface area contributed by atoms with Gasteiger partial charge < -0.3 is 5.73 Å². The van der Waals surface area contributed by atoms with Gasteiger partial charge >= 0.3 is 0 Å². The van der Waals surface area contributed by atoms with E-state index in [-0.39, 0.29) is 0 Å². The van der Waals surface area contributed by atoms with Crippen molar-refractivity contribution in [1.29, 1.82) is 5.26 Å². The minimum atomic E-state index is 0.423. The summed E-state index contributed by atoms with van der Waals surface area (Å²) >= 11 is 0. The summed E-state index contributed by atoms with van der Waals surface area (Å²) in [5.74, 6) is 0.982. The minimum absolute atomic E-state index is 0.423. The van der Waals surface area contributed by atoms with E-state index in [2.05, 4.69) is 29.9 Å². The van der Waals surface area contributed by atoms with Crippen LogP contribution in [-0.2, 0) is 0 Å². The van der Waals surface area contributed by atoms with Crippen LogP contribution >= 0.6 is 0 Å². The number of nitrogens with two attached hydrogens (primary N) is 1. The molecule has 0 amide bonds. The van der Waals surface area contributed by atoms with Crippen LogP contribution in [0, 0.1) is 17.2 Å². The van der Waals surface area contributed by atoms with Gasteiger partial charge in [-0.25, -0.2) is 9.97 Å². The van der Waals surface area contributed by atoms with Crippen LogP contribution in [0.2, 0.25) is 0 Å². The van der Waals surface area contributed by atoms with Crippen molar-refractivity contribution < 1.29 is 0 Å². The van der Waals surface area contributed by atoms with E-state index in [0.29, 0.717) is 22.8 Å². The fraction of sp³-hybridized carbons (Fsp3) is 0.364. The SMILES string of the molecule is CCC(C)C=N/C=C(\C)c1nc(C(N)=C2CCC2)c2cccc(C#N)c2n1. The summed E-state index contributed by atoms with van der Waals surface area (Å²) in [4.78, 5) is 13.8. The molecule has 1 unspecified atom stereocenters. The number of nitriles is 1. The van der Waals surface area contributed by atoms with Crippen molar-refractivity contribution in [1.82, 2.24) is 9.97 Å². The lowest BCUT2D eigenvalue weighted by Crippen LogP contribution is -2.11. The van der Waals surface area contributed by atoms with Crippen LogP contribution in [-0.4, -0.2) is 16.2 Å². The van der Waals surface area contributed by atoms with Gasteiger partial charge in [-0.1, -0.05) is 26.0 Å². The van der Waals surface area contributed by atoms with Crippen molar-refractivity contribution in [3.05, 3.63) is 47.1 Å². The Balaban J connectivity index is 2.15. The largest absolute Gasteiger partial charge is 0.397 e. The zero-order valence-corrected chi connectivity index (χ0v) is 16.2. The van der Waals surface area contributed by atoms with Gasteiger partial charge in [0.05, 0.1) is 22.5 Å². The molecule has 0 bridgehead atoms. The van der Waals surface area contributed by atoms with E-state index in [4.69, 9.17) is 10.7 Å². The Kier molecular flexibility index (Phi) is 5.66. The maximum Gasteiger partial charge on any atom is 0.157 e. The van der Waals surface area contributed by atoms with Crippen molar-refractivity contribution in [3.8, 4) is 6.07 Å². The quantitative estimate of drug-likeness (QED) is 0.774. The van der Waals surface area contributed by atoms with Crippen molar-refractivity contribution in [2.45, 2.75) is 46.5 Å². The number of aliphatic imine (C=N–C) groups is 1. The first-order valence-corrected chi connectivity index (χ1v) is 9.44. The lowest BCUT2D eigenvalue weighted by Gasteiger charge is -2.20.